The van der Waals surface area contributed by atoms with Crippen molar-refractivity contribution >= 4 is 28.1 Å². The average molecular weight is 375 g/mol. The number of carbonyl (C=O) groups is 1. The molecule has 1 N–H and O–H groups in total. The Morgan fingerprint density at radius 3 is 2.65 bits per heavy atom. The van der Waals surface area contributed by atoms with Gasteiger partial charge in [0, 0.05) is 10.0 Å². The summed E-state index contributed by atoms with van der Waals surface area (Å²) in [5, 5.41) is 3.92. The molecule has 120 valence electrons. The number of nitrogens with zero attached hydrogens (tertiary/aromatic N) is 1. The fraction of sp³-hybridized carbons (Fsp3) is 0.222. The SMILES string of the molecule is CCCc1ccc(OCC(=O)N/N=C/c2ccccc2Br)cc1. The first-order valence-corrected chi connectivity index (χ1v) is 8.26. The van der Waals surface area contributed by atoms with E-state index < -0.39 is 0 Å². The Hall–Kier alpha value is -2.14. The van der Waals surface area contributed by atoms with Gasteiger partial charge >= 0.3 is 0 Å². The minimum atomic E-state index is -0.300. The molecular formula is C18H19BrN2O2. The zero-order valence-electron chi connectivity index (χ0n) is 13.0. The van der Waals surface area contributed by atoms with E-state index in [9.17, 15) is 4.79 Å². The van der Waals surface area contributed by atoms with Gasteiger partial charge in [-0.3, -0.25) is 4.79 Å². The number of amides is 1. The quantitative estimate of drug-likeness (QED) is 0.589. The van der Waals surface area contributed by atoms with E-state index in [0.717, 1.165) is 22.9 Å². The normalized spacial score (nSPS) is 10.7. The first-order chi connectivity index (χ1) is 11.2. The number of nitrogens with one attached hydrogen (secondary N) is 1. The first-order valence-electron chi connectivity index (χ1n) is 7.47. The third-order valence-electron chi connectivity index (χ3n) is 3.13. The summed E-state index contributed by atoms with van der Waals surface area (Å²) in [7, 11) is 0. The Labute approximate surface area is 144 Å². The lowest BCUT2D eigenvalue weighted by Crippen LogP contribution is -2.24. The summed E-state index contributed by atoms with van der Waals surface area (Å²) < 4.78 is 6.35. The van der Waals surface area contributed by atoms with E-state index in [1.54, 1.807) is 6.21 Å². The van der Waals surface area contributed by atoms with Crippen molar-refractivity contribution in [2.75, 3.05) is 6.61 Å². The number of ether oxygens (including phenoxy) is 1. The van der Waals surface area contributed by atoms with Crippen molar-refractivity contribution in [2.24, 2.45) is 5.10 Å². The molecule has 2 aromatic carbocycles. The van der Waals surface area contributed by atoms with Crippen LogP contribution >= 0.6 is 15.9 Å². The molecular weight excluding hydrogens is 356 g/mol. The van der Waals surface area contributed by atoms with Crippen molar-refractivity contribution in [3.8, 4) is 5.75 Å². The standard InChI is InChI=1S/C18H19BrN2O2/c1-2-5-14-8-10-16(11-9-14)23-13-18(22)21-20-12-15-6-3-4-7-17(15)19/h3-4,6-12H,2,5,13H2,1H3,(H,21,22)/b20-12+. The summed E-state index contributed by atoms with van der Waals surface area (Å²) in [6.07, 6.45) is 3.74. The Morgan fingerprint density at radius 1 is 1.22 bits per heavy atom. The van der Waals surface area contributed by atoms with Crippen molar-refractivity contribution in [1.82, 2.24) is 5.43 Å². The van der Waals surface area contributed by atoms with Crippen LogP contribution in [0.15, 0.2) is 58.1 Å². The van der Waals surface area contributed by atoms with Gasteiger partial charge in [0.05, 0.1) is 6.21 Å². The van der Waals surface area contributed by atoms with Crippen LogP contribution in [0.4, 0.5) is 0 Å². The molecule has 0 aliphatic carbocycles. The van der Waals surface area contributed by atoms with Crippen LogP contribution in [0.3, 0.4) is 0 Å². The summed E-state index contributed by atoms with van der Waals surface area (Å²) in [6.45, 7) is 2.07. The van der Waals surface area contributed by atoms with Crippen molar-refractivity contribution < 1.29 is 9.53 Å². The molecule has 0 aliphatic rings. The third-order valence-corrected chi connectivity index (χ3v) is 3.85. The van der Waals surface area contributed by atoms with E-state index >= 15 is 0 Å². The highest BCUT2D eigenvalue weighted by atomic mass is 79.9. The van der Waals surface area contributed by atoms with Crippen LogP contribution in [0, 0.1) is 0 Å². The molecule has 2 rings (SSSR count). The highest BCUT2D eigenvalue weighted by Crippen LogP contribution is 2.14. The van der Waals surface area contributed by atoms with Crippen LogP contribution in [0.25, 0.3) is 0 Å². The summed E-state index contributed by atoms with van der Waals surface area (Å²) >= 11 is 3.41. The summed E-state index contributed by atoms with van der Waals surface area (Å²) in [6, 6.07) is 15.4. The molecule has 0 spiro atoms. The number of carbonyl (C=O) groups excluding carboxylic acids is 1. The molecule has 23 heavy (non-hydrogen) atoms. The van der Waals surface area contributed by atoms with Crippen LogP contribution in [0.2, 0.25) is 0 Å². The summed E-state index contributed by atoms with van der Waals surface area (Å²) in [4.78, 5) is 11.7. The van der Waals surface area contributed by atoms with E-state index in [1.165, 1.54) is 5.56 Å². The number of hydrogen-bond acceptors (Lipinski definition) is 3. The van der Waals surface area contributed by atoms with E-state index in [2.05, 4.69) is 33.4 Å². The second-order valence-electron chi connectivity index (χ2n) is 5.00. The smallest absolute Gasteiger partial charge is 0.277 e. The molecule has 0 atom stereocenters. The fourth-order valence-electron chi connectivity index (χ4n) is 1.98. The molecule has 0 aliphatic heterocycles. The number of aryl methyl sites for hydroxylation is 1. The number of benzene rings is 2. The second kappa shape index (κ2) is 9.10. The van der Waals surface area contributed by atoms with Crippen LogP contribution in [-0.4, -0.2) is 18.7 Å². The molecule has 0 unspecified atom stereocenters. The molecule has 5 heteroatoms. The molecule has 0 radical (unpaired) electrons. The Kier molecular flexibility index (Phi) is 6.81. The van der Waals surface area contributed by atoms with Crippen molar-refractivity contribution in [1.29, 1.82) is 0 Å². The van der Waals surface area contributed by atoms with Gasteiger partial charge in [-0.1, -0.05) is 59.6 Å². The van der Waals surface area contributed by atoms with Crippen molar-refractivity contribution in [3.05, 3.63) is 64.1 Å². The van der Waals surface area contributed by atoms with Gasteiger partial charge in [0.1, 0.15) is 5.75 Å². The van der Waals surface area contributed by atoms with Gasteiger partial charge in [-0.2, -0.15) is 5.10 Å². The first kappa shape index (κ1) is 17.2. The van der Waals surface area contributed by atoms with Gasteiger partial charge in [-0.05, 0) is 30.2 Å². The predicted octanol–water partition coefficient (Wildman–Crippen LogP) is 3.93. The lowest BCUT2D eigenvalue weighted by molar-refractivity contribution is -0.123. The summed E-state index contributed by atoms with van der Waals surface area (Å²) in [5.74, 6) is 0.376. The van der Waals surface area contributed by atoms with E-state index in [-0.39, 0.29) is 12.5 Å². The lowest BCUT2D eigenvalue weighted by atomic mass is 10.1. The zero-order valence-corrected chi connectivity index (χ0v) is 14.5. The van der Waals surface area contributed by atoms with E-state index in [1.807, 2.05) is 48.5 Å². The van der Waals surface area contributed by atoms with Crippen molar-refractivity contribution in [2.45, 2.75) is 19.8 Å². The van der Waals surface area contributed by atoms with Crippen LogP contribution in [-0.2, 0) is 11.2 Å². The van der Waals surface area contributed by atoms with Gasteiger partial charge in [-0.25, -0.2) is 5.43 Å². The van der Waals surface area contributed by atoms with Gasteiger partial charge in [0.25, 0.3) is 5.91 Å². The van der Waals surface area contributed by atoms with Crippen LogP contribution in [0.1, 0.15) is 24.5 Å². The second-order valence-corrected chi connectivity index (χ2v) is 5.85. The number of hydrazone groups is 1. The lowest BCUT2D eigenvalue weighted by Gasteiger charge is -2.06. The van der Waals surface area contributed by atoms with Crippen LogP contribution < -0.4 is 10.2 Å². The maximum absolute atomic E-state index is 11.7. The molecule has 2 aromatic rings. The molecule has 0 aromatic heterocycles. The number of hydrogen-bond donors (Lipinski definition) is 1. The van der Waals surface area contributed by atoms with Gasteiger partial charge in [0.2, 0.25) is 0 Å². The van der Waals surface area contributed by atoms with E-state index in [4.69, 9.17) is 4.74 Å². The van der Waals surface area contributed by atoms with Gasteiger partial charge in [0.15, 0.2) is 6.61 Å². The Bertz CT molecular complexity index is 669. The molecule has 0 bridgehead atoms. The molecule has 0 saturated carbocycles. The Morgan fingerprint density at radius 2 is 1.96 bits per heavy atom. The fourth-order valence-corrected chi connectivity index (χ4v) is 2.36. The predicted molar refractivity (Wildman–Crippen MR) is 95.8 cm³/mol. The largest absolute Gasteiger partial charge is 0.484 e. The average Bonchev–Trinajstić information content (AvgIpc) is 2.56. The Balaban J connectivity index is 1.78. The minimum absolute atomic E-state index is 0.0690. The minimum Gasteiger partial charge on any atom is -0.484 e. The molecule has 0 heterocycles. The maximum atomic E-state index is 11.7. The number of halogens is 1. The van der Waals surface area contributed by atoms with Gasteiger partial charge in [-0.15, -0.1) is 0 Å². The zero-order chi connectivity index (χ0) is 16.5. The molecule has 0 fully saturated rings. The topological polar surface area (TPSA) is 50.7 Å². The van der Waals surface area contributed by atoms with Crippen LogP contribution in [0.5, 0.6) is 5.75 Å². The van der Waals surface area contributed by atoms with Gasteiger partial charge < -0.3 is 4.74 Å². The maximum Gasteiger partial charge on any atom is 0.277 e. The highest BCUT2D eigenvalue weighted by Gasteiger charge is 2.02. The molecule has 4 nitrogen and oxygen atoms in total. The van der Waals surface area contributed by atoms with Crippen molar-refractivity contribution in [3.63, 3.8) is 0 Å². The summed E-state index contributed by atoms with van der Waals surface area (Å²) in [5.41, 5.74) is 4.60. The monoisotopic (exact) mass is 374 g/mol. The highest BCUT2D eigenvalue weighted by molar-refractivity contribution is 9.10. The van der Waals surface area contributed by atoms with E-state index in [0.29, 0.717) is 5.75 Å². The molecule has 0 saturated heterocycles. The third kappa shape index (κ3) is 5.87. The number of rotatable bonds is 7. The molecule has 1 amide bonds.